The molecule has 0 saturated heterocycles. The number of nitrogens with zero attached hydrogens (tertiary/aromatic N) is 1. The van der Waals surface area contributed by atoms with Crippen LogP contribution in [0.1, 0.15) is 35.5 Å². The van der Waals surface area contributed by atoms with Crippen molar-refractivity contribution in [1.29, 1.82) is 0 Å². The fourth-order valence-corrected chi connectivity index (χ4v) is 2.85. The summed E-state index contributed by atoms with van der Waals surface area (Å²) < 4.78 is 0.694. The van der Waals surface area contributed by atoms with E-state index in [0.717, 1.165) is 11.3 Å². The highest BCUT2D eigenvalue weighted by Crippen LogP contribution is 2.16. The summed E-state index contributed by atoms with van der Waals surface area (Å²) in [6.07, 6.45) is 1.70. The molecule has 0 saturated carbocycles. The molecule has 2 aromatic rings. The van der Waals surface area contributed by atoms with Crippen LogP contribution in [-0.2, 0) is 11.3 Å². The Bertz CT molecular complexity index is 762. The third kappa shape index (κ3) is 5.13. The van der Waals surface area contributed by atoms with Gasteiger partial charge in [0.05, 0.1) is 17.8 Å². The molecule has 132 valence electrons. The molecule has 6 heteroatoms. The highest BCUT2D eigenvalue weighted by atomic mass is 79.9. The van der Waals surface area contributed by atoms with Crippen molar-refractivity contribution in [3.8, 4) is 0 Å². The Morgan fingerprint density at radius 1 is 1.16 bits per heavy atom. The van der Waals surface area contributed by atoms with E-state index in [1.165, 1.54) is 0 Å². The minimum atomic E-state index is -0.622. The molecular weight excluding hydrogens is 382 g/mol. The summed E-state index contributed by atoms with van der Waals surface area (Å²) >= 11 is 3.36. The second-order valence-electron chi connectivity index (χ2n) is 6.16. The standard InChI is InChI=1S/C19H22BrN3O2/c1-12(2)17(23-18(24)14-8-4-5-9-15(14)20)19(25)22-11-16-13(3)7-6-10-21-16/h4-10,12,17H,11H2,1-3H3,(H,22,25)(H,23,24). The van der Waals surface area contributed by atoms with Crippen LogP contribution >= 0.6 is 15.9 Å². The van der Waals surface area contributed by atoms with Crippen molar-refractivity contribution in [2.75, 3.05) is 0 Å². The average Bonchev–Trinajstić information content (AvgIpc) is 2.58. The molecule has 1 atom stereocenters. The second kappa shape index (κ2) is 8.76. The van der Waals surface area contributed by atoms with Crippen molar-refractivity contribution in [2.24, 2.45) is 5.92 Å². The zero-order valence-electron chi connectivity index (χ0n) is 14.5. The molecule has 0 radical (unpaired) electrons. The van der Waals surface area contributed by atoms with E-state index in [4.69, 9.17) is 0 Å². The minimum absolute atomic E-state index is 0.0451. The number of benzene rings is 1. The zero-order chi connectivity index (χ0) is 18.4. The molecule has 2 amide bonds. The molecule has 1 unspecified atom stereocenters. The van der Waals surface area contributed by atoms with Gasteiger partial charge in [0.25, 0.3) is 5.91 Å². The Morgan fingerprint density at radius 2 is 1.88 bits per heavy atom. The van der Waals surface area contributed by atoms with Gasteiger partial charge in [-0.2, -0.15) is 0 Å². The summed E-state index contributed by atoms with van der Waals surface area (Å²) in [4.78, 5) is 29.3. The van der Waals surface area contributed by atoms with Crippen LogP contribution in [0.25, 0.3) is 0 Å². The number of hydrogen-bond donors (Lipinski definition) is 2. The van der Waals surface area contributed by atoms with Crippen molar-refractivity contribution in [3.63, 3.8) is 0 Å². The van der Waals surface area contributed by atoms with Gasteiger partial charge in [-0.15, -0.1) is 0 Å². The van der Waals surface area contributed by atoms with Crippen LogP contribution in [0.3, 0.4) is 0 Å². The highest BCUT2D eigenvalue weighted by molar-refractivity contribution is 9.10. The third-order valence-corrected chi connectivity index (χ3v) is 4.59. The first kappa shape index (κ1) is 19.1. The highest BCUT2D eigenvalue weighted by Gasteiger charge is 2.25. The van der Waals surface area contributed by atoms with Crippen molar-refractivity contribution in [2.45, 2.75) is 33.4 Å². The van der Waals surface area contributed by atoms with Crippen LogP contribution < -0.4 is 10.6 Å². The van der Waals surface area contributed by atoms with E-state index >= 15 is 0 Å². The van der Waals surface area contributed by atoms with Gasteiger partial charge in [-0.1, -0.05) is 32.0 Å². The molecule has 0 aliphatic carbocycles. The van der Waals surface area contributed by atoms with Crippen molar-refractivity contribution in [3.05, 3.63) is 63.9 Å². The van der Waals surface area contributed by atoms with Crippen LogP contribution in [0.4, 0.5) is 0 Å². The van der Waals surface area contributed by atoms with E-state index in [2.05, 4.69) is 31.5 Å². The Hall–Kier alpha value is -2.21. The minimum Gasteiger partial charge on any atom is -0.349 e. The third-order valence-electron chi connectivity index (χ3n) is 3.90. The summed E-state index contributed by atoms with van der Waals surface area (Å²) in [5.74, 6) is -0.549. The molecule has 1 aromatic carbocycles. The molecule has 0 fully saturated rings. The number of hydrogen-bond acceptors (Lipinski definition) is 3. The van der Waals surface area contributed by atoms with Gasteiger partial charge in [0.15, 0.2) is 0 Å². The van der Waals surface area contributed by atoms with Crippen LogP contribution in [-0.4, -0.2) is 22.8 Å². The summed E-state index contributed by atoms with van der Waals surface area (Å²) in [6.45, 7) is 6.08. The summed E-state index contributed by atoms with van der Waals surface area (Å²) in [5, 5.41) is 5.69. The van der Waals surface area contributed by atoms with Gasteiger partial charge < -0.3 is 10.6 Å². The summed E-state index contributed by atoms with van der Waals surface area (Å²) in [6, 6.07) is 10.3. The molecule has 2 rings (SSSR count). The number of aryl methyl sites for hydroxylation is 1. The number of carbonyl (C=O) groups excluding carboxylic acids is 2. The van der Waals surface area contributed by atoms with Crippen molar-refractivity contribution < 1.29 is 9.59 Å². The van der Waals surface area contributed by atoms with E-state index in [0.29, 0.717) is 16.6 Å². The molecule has 2 N–H and O–H groups in total. The Morgan fingerprint density at radius 3 is 2.52 bits per heavy atom. The number of aromatic nitrogens is 1. The first-order valence-electron chi connectivity index (χ1n) is 8.13. The van der Waals surface area contributed by atoms with E-state index in [1.54, 1.807) is 24.4 Å². The molecule has 1 aromatic heterocycles. The molecule has 5 nitrogen and oxygen atoms in total. The average molecular weight is 404 g/mol. The molecule has 0 aliphatic heterocycles. The monoisotopic (exact) mass is 403 g/mol. The first-order valence-corrected chi connectivity index (χ1v) is 8.93. The molecule has 25 heavy (non-hydrogen) atoms. The number of nitrogens with one attached hydrogen (secondary N) is 2. The molecular formula is C19H22BrN3O2. The number of amides is 2. The fraction of sp³-hybridized carbons (Fsp3) is 0.316. The maximum absolute atomic E-state index is 12.6. The van der Waals surface area contributed by atoms with Crippen LogP contribution in [0, 0.1) is 12.8 Å². The molecule has 0 spiro atoms. The van der Waals surface area contributed by atoms with E-state index in [9.17, 15) is 9.59 Å². The van der Waals surface area contributed by atoms with Crippen LogP contribution in [0.5, 0.6) is 0 Å². The van der Waals surface area contributed by atoms with Crippen molar-refractivity contribution >= 4 is 27.7 Å². The smallest absolute Gasteiger partial charge is 0.253 e. The lowest BCUT2D eigenvalue weighted by Crippen LogP contribution is -2.49. The lowest BCUT2D eigenvalue weighted by Gasteiger charge is -2.22. The number of halogens is 1. The maximum Gasteiger partial charge on any atom is 0.253 e. The first-order chi connectivity index (χ1) is 11.9. The van der Waals surface area contributed by atoms with Gasteiger partial charge in [-0.3, -0.25) is 14.6 Å². The SMILES string of the molecule is Cc1cccnc1CNC(=O)C(NC(=O)c1ccccc1Br)C(C)C. The van der Waals surface area contributed by atoms with E-state index in [-0.39, 0.29) is 17.7 Å². The fourth-order valence-electron chi connectivity index (χ4n) is 2.38. The van der Waals surface area contributed by atoms with Gasteiger partial charge in [-0.25, -0.2) is 0 Å². The Balaban J connectivity index is 2.04. The van der Waals surface area contributed by atoms with E-state index < -0.39 is 6.04 Å². The zero-order valence-corrected chi connectivity index (χ0v) is 16.1. The predicted octanol–water partition coefficient (Wildman–Crippen LogP) is 3.22. The maximum atomic E-state index is 12.6. The normalized spacial score (nSPS) is 11.9. The lowest BCUT2D eigenvalue weighted by atomic mass is 10.0. The molecule has 1 heterocycles. The Labute approximate surface area is 156 Å². The topological polar surface area (TPSA) is 71.1 Å². The number of pyridine rings is 1. The molecule has 0 aliphatic rings. The van der Waals surface area contributed by atoms with E-state index in [1.807, 2.05) is 39.0 Å². The largest absolute Gasteiger partial charge is 0.349 e. The number of rotatable bonds is 6. The predicted molar refractivity (Wildman–Crippen MR) is 101 cm³/mol. The quantitative estimate of drug-likeness (QED) is 0.777. The molecule has 0 bridgehead atoms. The lowest BCUT2D eigenvalue weighted by molar-refractivity contribution is -0.124. The second-order valence-corrected chi connectivity index (χ2v) is 7.01. The number of carbonyl (C=O) groups is 2. The summed E-state index contributed by atoms with van der Waals surface area (Å²) in [5.41, 5.74) is 2.33. The van der Waals surface area contributed by atoms with Crippen LogP contribution in [0.15, 0.2) is 47.1 Å². The van der Waals surface area contributed by atoms with Gasteiger partial charge in [-0.05, 0) is 52.5 Å². The van der Waals surface area contributed by atoms with Gasteiger partial charge in [0.2, 0.25) is 5.91 Å². The summed E-state index contributed by atoms with van der Waals surface area (Å²) in [7, 11) is 0. The van der Waals surface area contributed by atoms with Gasteiger partial charge in [0.1, 0.15) is 6.04 Å². The van der Waals surface area contributed by atoms with Gasteiger partial charge >= 0.3 is 0 Å². The van der Waals surface area contributed by atoms with Crippen LogP contribution in [0.2, 0.25) is 0 Å². The van der Waals surface area contributed by atoms with Gasteiger partial charge in [0, 0.05) is 10.7 Å². The van der Waals surface area contributed by atoms with Crippen molar-refractivity contribution in [1.82, 2.24) is 15.6 Å². The Kier molecular flexibility index (Phi) is 6.70.